The quantitative estimate of drug-likeness (QED) is 0.295. The first kappa shape index (κ1) is 24.7. The fourth-order valence-electron chi connectivity index (χ4n) is 3.50. The lowest BCUT2D eigenvalue weighted by atomic mass is 9.94. The highest BCUT2D eigenvalue weighted by Crippen LogP contribution is 2.37. The number of esters is 1. The third kappa shape index (κ3) is 5.91. The number of hydrogen-bond donors (Lipinski definition) is 0. The van der Waals surface area contributed by atoms with E-state index in [1.54, 1.807) is 45.0 Å². The van der Waals surface area contributed by atoms with Crippen LogP contribution in [0, 0.1) is 0 Å². The number of benzene rings is 2. The summed E-state index contributed by atoms with van der Waals surface area (Å²) in [5.74, 6) is 0.0712. The Labute approximate surface area is 199 Å². The van der Waals surface area contributed by atoms with Gasteiger partial charge in [0.25, 0.3) is 0 Å². The summed E-state index contributed by atoms with van der Waals surface area (Å²) in [5.41, 5.74) is 0.540. The molecule has 6 nitrogen and oxygen atoms in total. The van der Waals surface area contributed by atoms with Crippen LogP contribution >= 0.6 is 15.9 Å². The Hall–Kier alpha value is -1.90. The molecule has 0 radical (unpaired) electrons. The van der Waals surface area contributed by atoms with Gasteiger partial charge in [0.15, 0.2) is 0 Å². The summed E-state index contributed by atoms with van der Waals surface area (Å²) >= 11 is 3.50. The predicted octanol–water partition coefficient (Wildman–Crippen LogP) is 5.22. The Bertz CT molecular complexity index is 1080. The van der Waals surface area contributed by atoms with Gasteiger partial charge in [0, 0.05) is 0 Å². The molecular formula is C24H30BrNO5S. The van der Waals surface area contributed by atoms with E-state index in [4.69, 9.17) is 9.47 Å². The maximum absolute atomic E-state index is 13.7. The summed E-state index contributed by atoms with van der Waals surface area (Å²) in [7, 11) is -4.03. The van der Waals surface area contributed by atoms with Gasteiger partial charge in [0.1, 0.15) is 28.4 Å². The summed E-state index contributed by atoms with van der Waals surface area (Å²) in [4.78, 5) is 12.0. The van der Waals surface area contributed by atoms with Crippen LogP contribution in [0.2, 0.25) is 0 Å². The van der Waals surface area contributed by atoms with E-state index < -0.39 is 33.1 Å². The van der Waals surface area contributed by atoms with E-state index in [1.165, 1.54) is 6.07 Å². The molecule has 0 saturated heterocycles. The number of rotatable bonds is 6. The van der Waals surface area contributed by atoms with E-state index in [0.29, 0.717) is 17.7 Å². The molecule has 0 bridgehead atoms. The first-order valence-electron chi connectivity index (χ1n) is 10.5. The molecule has 1 unspecified atom stereocenters. The number of carbonyl (C=O) groups excluding carboxylic acids is 1. The van der Waals surface area contributed by atoms with Crippen LogP contribution in [0.15, 0.2) is 53.4 Å². The molecule has 1 atom stereocenters. The van der Waals surface area contributed by atoms with Gasteiger partial charge in [-0.2, -0.15) is 4.31 Å². The number of fused-ring (bicyclic) bond motifs is 1. The normalized spacial score (nSPS) is 16.7. The number of ether oxygens (including phenoxy) is 2. The molecule has 2 aromatic carbocycles. The molecule has 8 heteroatoms. The fraction of sp³-hybridized carbons (Fsp3) is 0.458. The molecule has 0 spiro atoms. The minimum atomic E-state index is -4.03. The van der Waals surface area contributed by atoms with Crippen molar-refractivity contribution in [2.45, 2.75) is 68.5 Å². The van der Waals surface area contributed by atoms with Gasteiger partial charge in [-0.15, -0.1) is 0 Å². The Morgan fingerprint density at radius 1 is 1.19 bits per heavy atom. The molecule has 2 aromatic rings. The lowest BCUT2D eigenvalue weighted by Crippen LogP contribution is -2.39. The molecule has 0 aliphatic carbocycles. The van der Waals surface area contributed by atoms with Crippen LogP contribution in [-0.2, 0) is 26.0 Å². The maximum Gasteiger partial charge on any atom is 0.321 e. The highest BCUT2D eigenvalue weighted by atomic mass is 79.9. The zero-order chi connectivity index (χ0) is 23.7. The SMILES string of the molecule is CC(C)(C)OC(=O)CN(C(Br)c1ccccc1)S(=O)(=O)c1ccc2c(c1)CCC(C)(C)O2. The largest absolute Gasteiger partial charge is 0.488 e. The van der Waals surface area contributed by atoms with E-state index >= 15 is 0 Å². The van der Waals surface area contributed by atoms with Gasteiger partial charge in [-0.25, -0.2) is 8.42 Å². The minimum Gasteiger partial charge on any atom is -0.488 e. The average Bonchev–Trinajstić information content (AvgIpc) is 2.69. The molecule has 1 aliphatic rings. The zero-order valence-corrected chi connectivity index (χ0v) is 21.5. The van der Waals surface area contributed by atoms with E-state index in [1.807, 2.05) is 32.0 Å². The summed E-state index contributed by atoms with van der Waals surface area (Å²) in [6, 6.07) is 14.0. The first-order valence-corrected chi connectivity index (χ1v) is 12.9. The van der Waals surface area contributed by atoms with Crippen molar-refractivity contribution >= 4 is 31.9 Å². The summed E-state index contributed by atoms with van der Waals surface area (Å²) < 4.78 is 40.0. The van der Waals surface area contributed by atoms with Gasteiger partial charge in [-0.1, -0.05) is 46.3 Å². The van der Waals surface area contributed by atoms with Crippen molar-refractivity contribution in [1.82, 2.24) is 4.31 Å². The second kappa shape index (κ2) is 9.15. The Balaban J connectivity index is 1.98. The Morgan fingerprint density at radius 3 is 2.47 bits per heavy atom. The lowest BCUT2D eigenvalue weighted by Gasteiger charge is -2.33. The van der Waals surface area contributed by atoms with Gasteiger partial charge in [0.05, 0.1) is 4.90 Å². The number of carbonyl (C=O) groups is 1. The van der Waals surface area contributed by atoms with Gasteiger partial charge in [-0.3, -0.25) is 4.79 Å². The molecule has 0 fully saturated rings. The van der Waals surface area contributed by atoms with E-state index in [9.17, 15) is 13.2 Å². The van der Waals surface area contributed by atoms with Crippen LogP contribution < -0.4 is 4.74 Å². The van der Waals surface area contributed by atoms with Crippen molar-refractivity contribution in [3.8, 4) is 5.75 Å². The maximum atomic E-state index is 13.7. The van der Waals surface area contributed by atoms with E-state index in [-0.39, 0.29) is 10.5 Å². The molecule has 0 amide bonds. The van der Waals surface area contributed by atoms with Crippen molar-refractivity contribution in [2.24, 2.45) is 0 Å². The topological polar surface area (TPSA) is 72.9 Å². The second-order valence-electron chi connectivity index (χ2n) is 9.51. The third-order valence-electron chi connectivity index (χ3n) is 5.05. The van der Waals surface area contributed by atoms with Crippen LogP contribution in [0.3, 0.4) is 0 Å². The third-order valence-corrected chi connectivity index (χ3v) is 8.15. The highest BCUT2D eigenvalue weighted by Gasteiger charge is 2.35. The van der Waals surface area contributed by atoms with E-state index in [0.717, 1.165) is 16.3 Å². The van der Waals surface area contributed by atoms with E-state index in [2.05, 4.69) is 15.9 Å². The zero-order valence-electron chi connectivity index (χ0n) is 19.1. The molecule has 0 N–H and O–H groups in total. The molecule has 1 heterocycles. The van der Waals surface area contributed by atoms with Crippen molar-refractivity contribution in [1.29, 1.82) is 0 Å². The first-order chi connectivity index (χ1) is 14.8. The fourth-order valence-corrected chi connectivity index (χ4v) is 6.05. The van der Waals surface area contributed by atoms with Gasteiger partial charge < -0.3 is 9.47 Å². The molecule has 3 rings (SSSR count). The van der Waals surface area contributed by atoms with Crippen LogP contribution in [0.5, 0.6) is 5.75 Å². The number of aryl methyl sites for hydroxylation is 1. The van der Waals surface area contributed by atoms with Crippen LogP contribution in [0.1, 0.15) is 57.1 Å². The Kier molecular flexibility index (Phi) is 7.08. The monoisotopic (exact) mass is 523 g/mol. The smallest absolute Gasteiger partial charge is 0.321 e. The minimum absolute atomic E-state index is 0.114. The summed E-state index contributed by atoms with van der Waals surface area (Å²) in [5, 5.41) is 0. The van der Waals surface area contributed by atoms with Crippen LogP contribution in [0.4, 0.5) is 0 Å². The van der Waals surface area contributed by atoms with Crippen molar-refractivity contribution < 1.29 is 22.7 Å². The number of nitrogens with zero attached hydrogens (tertiary/aromatic N) is 1. The molecule has 1 aliphatic heterocycles. The molecule has 0 saturated carbocycles. The van der Waals surface area contributed by atoms with Crippen LogP contribution in [0.25, 0.3) is 0 Å². The summed E-state index contributed by atoms with van der Waals surface area (Å²) in [6.45, 7) is 8.84. The van der Waals surface area contributed by atoms with Gasteiger partial charge in [0.2, 0.25) is 10.0 Å². The van der Waals surface area contributed by atoms with Gasteiger partial charge >= 0.3 is 5.97 Å². The average molecular weight is 524 g/mol. The standard InChI is InChI=1S/C24H30BrNO5S/c1-23(2,3)31-21(27)16-26(22(25)17-9-7-6-8-10-17)32(28,29)19-11-12-20-18(15-19)13-14-24(4,5)30-20/h6-12,15,22H,13-14,16H2,1-5H3. The number of hydrogen-bond acceptors (Lipinski definition) is 5. The van der Waals surface area contributed by atoms with Crippen LogP contribution in [-0.4, -0.2) is 36.4 Å². The number of alkyl halides is 1. The van der Waals surface area contributed by atoms with Crippen molar-refractivity contribution in [3.63, 3.8) is 0 Å². The van der Waals surface area contributed by atoms with Crippen molar-refractivity contribution in [3.05, 3.63) is 59.7 Å². The van der Waals surface area contributed by atoms with Crippen molar-refractivity contribution in [2.75, 3.05) is 6.54 Å². The number of halogens is 1. The lowest BCUT2D eigenvalue weighted by molar-refractivity contribution is -0.155. The summed E-state index contributed by atoms with van der Waals surface area (Å²) in [6.07, 6.45) is 1.50. The second-order valence-corrected chi connectivity index (χ2v) is 12.3. The predicted molar refractivity (Wildman–Crippen MR) is 127 cm³/mol. The molecule has 0 aromatic heterocycles. The molecule has 32 heavy (non-hydrogen) atoms. The molecule has 174 valence electrons. The van der Waals surface area contributed by atoms with Gasteiger partial charge in [-0.05, 0) is 76.8 Å². The highest BCUT2D eigenvalue weighted by molar-refractivity contribution is 9.09. The Morgan fingerprint density at radius 2 is 1.84 bits per heavy atom. The number of sulfonamides is 1. The molecular weight excluding hydrogens is 494 g/mol.